The van der Waals surface area contributed by atoms with Gasteiger partial charge in [-0.25, -0.2) is 0 Å². The summed E-state index contributed by atoms with van der Waals surface area (Å²) in [6.07, 6.45) is 4.32. The average Bonchev–Trinajstić information content (AvgIpc) is 2.95. The molecule has 0 N–H and O–H groups in total. The number of hydrogen-bond acceptors (Lipinski definition) is 4. The Kier molecular flexibility index (Phi) is 5.84. The van der Waals surface area contributed by atoms with Crippen molar-refractivity contribution in [1.29, 1.82) is 0 Å². The summed E-state index contributed by atoms with van der Waals surface area (Å²) in [5, 5.41) is 0. The molecule has 2 amide bonds. The van der Waals surface area contributed by atoms with Gasteiger partial charge in [0.05, 0.1) is 13.5 Å². The van der Waals surface area contributed by atoms with Crippen LogP contribution in [0.1, 0.15) is 22.3 Å². The topological polar surface area (TPSA) is 62.7 Å². The summed E-state index contributed by atoms with van der Waals surface area (Å²) in [5.41, 5.74) is 1.52. The van der Waals surface area contributed by atoms with Crippen LogP contribution in [0.2, 0.25) is 0 Å². The molecule has 0 unspecified atom stereocenters. The van der Waals surface area contributed by atoms with Crippen LogP contribution >= 0.6 is 0 Å². The normalized spacial score (nSPS) is 14.7. The molecule has 0 atom stereocenters. The number of carbonyl (C=O) groups is 2. The van der Waals surface area contributed by atoms with E-state index in [1.807, 2.05) is 34.1 Å². The van der Waals surface area contributed by atoms with Crippen LogP contribution in [0.4, 0.5) is 0 Å². The van der Waals surface area contributed by atoms with E-state index in [2.05, 4.69) is 4.98 Å². The van der Waals surface area contributed by atoms with E-state index >= 15 is 0 Å². The zero-order chi connectivity index (χ0) is 18.4. The van der Waals surface area contributed by atoms with Crippen LogP contribution in [0.15, 0.2) is 48.8 Å². The molecule has 0 spiro atoms. The lowest BCUT2D eigenvalue weighted by Gasteiger charge is -2.22. The Labute approximate surface area is 153 Å². The highest BCUT2D eigenvalue weighted by molar-refractivity contribution is 5.94. The first-order valence-electron chi connectivity index (χ1n) is 8.78. The second kappa shape index (κ2) is 8.47. The van der Waals surface area contributed by atoms with Gasteiger partial charge in [-0.3, -0.25) is 14.6 Å². The first-order valence-corrected chi connectivity index (χ1v) is 8.78. The van der Waals surface area contributed by atoms with Crippen LogP contribution in [-0.2, 0) is 11.2 Å². The van der Waals surface area contributed by atoms with E-state index in [0.29, 0.717) is 38.2 Å². The van der Waals surface area contributed by atoms with Crippen LogP contribution in [0.25, 0.3) is 0 Å². The molecule has 0 bridgehead atoms. The minimum Gasteiger partial charge on any atom is -0.496 e. The Balaban J connectivity index is 1.61. The van der Waals surface area contributed by atoms with Gasteiger partial charge in [-0.1, -0.05) is 18.2 Å². The number of amides is 2. The monoisotopic (exact) mass is 353 g/mol. The summed E-state index contributed by atoms with van der Waals surface area (Å²) in [4.78, 5) is 32.9. The highest BCUT2D eigenvalue weighted by atomic mass is 16.5. The Bertz CT molecular complexity index is 764. The molecule has 2 heterocycles. The summed E-state index contributed by atoms with van der Waals surface area (Å²) in [5.74, 6) is 0.782. The third-order valence-corrected chi connectivity index (χ3v) is 4.60. The maximum absolute atomic E-state index is 12.7. The van der Waals surface area contributed by atoms with E-state index in [1.54, 1.807) is 31.6 Å². The quantitative estimate of drug-likeness (QED) is 0.843. The van der Waals surface area contributed by atoms with Crippen LogP contribution in [0.3, 0.4) is 0 Å². The fourth-order valence-corrected chi connectivity index (χ4v) is 3.17. The van der Waals surface area contributed by atoms with E-state index in [-0.39, 0.29) is 11.8 Å². The SMILES string of the molecule is COc1ccccc1CC(=O)N1CCCN(C(=O)c2ccncc2)CC1. The van der Waals surface area contributed by atoms with Crippen molar-refractivity contribution in [2.75, 3.05) is 33.3 Å². The van der Waals surface area contributed by atoms with Gasteiger partial charge in [0.2, 0.25) is 5.91 Å². The Hall–Kier alpha value is -2.89. The lowest BCUT2D eigenvalue weighted by molar-refractivity contribution is -0.130. The van der Waals surface area contributed by atoms with Crippen LogP contribution < -0.4 is 4.74 Å². The smallest absolute Gasteiger partial charge is 0.254 e. The molecule has 1 fully saturated rings. The minimum atomic E-state index is -0.00794. The van der Waals surface area contributed by atoms with Crippen molar-refractivity contribution in [3.63, 3.8) is 0 Å². The number of benzene rings is 1. The molecule has 1 saturated heterocycles. The molecule has 1 aliphatic heterocycles. The number of pyridine rings is 1. The molecule has 0 saturated carbocycles. The third-order valence-electron chi connectivity index (χ3n) is 4.60. The fraction of sp³-hybridized carbons (Fsp3) is 0.350. The van der Waals surface area contributed by atoms with Gasteiger partial charge < -0.3 is 14.5 Å². The second-order valence-electron chi connectivity index (χ2n) is 6.25. The Morgan fingerprint density at radius 3 is 2.46 bits per heavy atom. The van der Waals surface area contributed by atoms with Gasteiger partial charge in [-0.05, 0) is 24.6 Å². The van der Waals surface area contributed by atoms with E-state index < -0.39 is 0 Å². The molecule has 3 rings (SSSR count). The number of aromatic nitrogens is 1. The standard InChI is InChI=1S/C20H23N3O3/c1-26-18-6-3-2-5-17(18)15-19(24)22-11-4-12-23(14-13-22)20(25)16-7-9-21-10-8-16/h2-3,5-10H,4,11-15H2,1H3. The van der Waals surface area contributed by atoms with Gasteiger partial charge in [0.1, 0.15) is 5.75 Å². The van der Waals surface area contributed by atoms with E-state index in [0.717, 1.165) is 17.7 Å². The van der Waals surface area contributed by atoms with Crippen molar-refractivity contribution >= 4 is 11.8 Å². The van der Waals surface area contributed by atoms with Gasteiger partial charge in [-0.2, -0.15) is 0 Å². The molecule has 6 nitrogen and oxygen atoms in total. The van der Waals surface area contributed by atoms with Crippen LogP contribution in [-0.4, -0.2) is 59.9 Å². The van der Waals surface area contributed by atoms with Gasteiger partial charge >= 0.3 is 0 Å². The number of methoxy groups -OCH3 is 1. The number of carbonyl (C=O) groups excluding carboxylic acids is 2. The first kappa shape index (κ1) is 17.9. The largest absolute Gasteiger partial charge is 0.496 e. The van der Waals surface area contributed by atoms with E-state index in [9.17, 15) is 9.59 Å². The summed E-state index contributed by atoms with van der Waals surface area (Å²) in [6, 6.07) is 11.0. The Morgan fingerprint density at radius 1 is 1.00 bits per heavy atom. The number of hydrogen-bond donors (Lipinski definition) is 0. The summed E-state index contributed by atoms with van der Waals surface area (Å²) in [6.45, 7) is 2.40. The van der Waals surface area contributed by atoms with Crippen molar-refractivity contribution in [3.8, 4) is 5.75 Å². The highest BCUT2D eigenvalue weighted by Gasteiger charge is 2.23. The van der Waals surface area contributed by atoms with Gasteiger partial charge in [0.25, 0.3) is 5.91 Å². The molecule has 0 radical (unpaired) electrons. The van der Waals surface area contributed by atoms with Crippen LogP contribution in [0.5, 0.6) is 5.75 Å². The lowest BCUT2D eigenvalue weighted by atomic mass is 10.1. The van der Waals surface area contributed by atoms with Crippen LogP contribution in [0, 0.1) is 0 Å². The van der Waals surface area contributed by atoms with Crippen molar-refractivity contribution < 1.29 is 14.3 Å². The van der Waals surface area contributed by atoms with Crippen molar-refractivity contribution in [2.45, 2.75) is 12.8 Å². The maximum Gasteiger partial charge on any atom is 0.254 e. The zero-order valence-corrected chi connectivity index (χ0v) is 14.9. The minimum absolute atomic E-state index is 0.00794. The molecule has 26 heavy (non-hydrogen) atoms. The van der Waals surface area contributed by atoms with Gasteiger partial charge in [0.15, 0.2) is 0 Å². The summed E-state index contributed by atoms with van der Waals surface area (Å²) in [7, 11) is 1.61. The number of rotatable bonds is 4. The van der Waals surface area contributed by atoms with E-state index in [1.165, 1.54) is 0 Å². The lowest BCUT2D eigenvalue weighted by Crippen LogP contribution is -2.38. The van der Waals surface area contributed by atoms with Gasteiger partial charge in [-0.15, -0.1) is 0 Å². The summed E-state index contributed by atoms with van der Waals surface area (Å²) < 4.78 is 5.33. The van der Waals surface area contributed by atoms with Crippen molar-refractivity contribution in [2.24, 2.45) is 0 Å². The number of nitrogens with zero attached hydrogens (tertiary/aromatic N) is 3. The molecular weight excluding hydrogens is 330 g/mol. The highest BCUT2D eigenvalue weighted by Crippen LogP contribution is 2.19. The number of para-hydroxylation sites is 1. The fourth-order valence-electron chi connectivity index (χ4n) is 3.17. The van der Waals surface area contributed by atoms with Crippen molar-refractivity contribution in [3.05, 3.63) is 59.9 Å². The molecule has 0 aliphatic carbocycles. The molecular formula is C20H23N3O3. The second-order valence-corrected chi connectivity index (χ2v) is 6.25. The third kappa shape index (κ3) is 4.20. The predicted octanol–water partition coefficient (Wildman–Crippen LogP) is 2.01. The molecule has 1 aromatic heterocycles. The van der Waals surface area contributed by atoms with Crippen molar-refractivity contribution in [1.82, 2.24) is 14.8 Å². The number of ether oxygens (including phenoxy) is 1. The molecule has 1 aromatic carbocycles. The molecule has 136 valence electrons. The van der Waals surface area contributed by atoms with Gasteiger partial charge in [0, 0.05) is 49.7 Å². The predicted molar refractivity (Wildman–Crippen MR) is 98.0 cm³/mol. The zero-order valence-electron chi connectivity index (χ0n) is 14.9. The maximum atomic E-state index is 12.7. The molecule has 6 heteroatoms. The molecule has 1 aliphatic rings. The Morgan fingerprint density at radius 2 is 1.69 bits per heavy atom. The molecule has 2 aromatic rings. The average molecular weight is 353 g/mol. The van der Waals surface area contributed by atoms with E-state index in [4.69, 9.17) is 4.74 Å². The first-order chi connectivity index (χ1) is 12.7. The summed E-state index contributed by atoms with van der Waals surface area (Å²) >= 11 is 0.